The number of piperidine rings is 1. The molecule has 0 saturated carbocycles. The molecule has 0 aromatic heterocycles. The number of carbonyl (C=O) groups is 1. The van der Waals surface area contributed by atoms with E-state index in [0.717, 1.165) is 19.3 Å². The van der Waals surface area contributed by atoms with Gasteiger partial charge in [0.25, 0.3) is 0 Å². The summed E-state index contributed by atoms with van der Waals surface area (Å²) in [6.07, 6.45) is 6.15. The molecule has 0 aromatic rings. The first-order valence-electron chi connectivity index (χ1n) is 7.15. The van der Waals surface area contributed by atoms with Crippen molar-refractivity contribution in [2.75, 3.05) is 26.9 Å². The van der Waals surface area contributed by atoms with E-state index in [1.54, 1.807) is 7.11 Å². The Morgan fingerprint density at radius 1 is 1.17 bits per heavy atom. The molecule has 4 nitrogen and oxygen atoms in total. The molecule has 2 rings (SSSR count). The molecule has 2 saturated heterocycles. The maximum absolute atomic E-state index is 12.1. The van der Waals surface area contributed by atoms with Gasteiger partial charge in [0, 0.05) is 38.1 Å². The number of methoxy groups -OCH3 is 1. The largest absolute Gasteiger partial charge is 0.382 e. The van der Waals surface area contributed by atoms with Crippen molar-refractivity contribution in [3.63, 3.8) is 0 Å². The summed E-state index contributed by atoms with van der Waals surface area (Å²) in [5, 5.41) is 3.57. The Kier molecular flexibility index (Phi) is 5.60. The predicted octanol–water partition coefficient (Wildman–Crippen LogP) is 1.53. The van der Waals surface area contributed by atoms with Crippen LogP contribution < -0.4 is 5.32 Å². The maximum atomic E-state index is 12.1. The average Bonchev–Trinajstić information content (AvgIpc) is 2.72. The molecular weight excluding hydrogens is 230 g/mol. The van der Waals surface area contributed by atoms with Gasteiger partial charge in [0.05, 0.1) is 13.2 Å². The highest BCUT2D eigenvalue weighted by molar-refractivity contribution is 5.81. The molecule has 2 atom stereocenters. The molecule has 0 aromatic carbocycles. The van der Waals surface area contributed by atoms with Crippen LogP contribution in [0.1, 0.15) is 38.5 Å². The van der Waals surface area contributed by atoms with E-state index in [9.17, 15) is 4.79 Å². The second-order valence-electron chi connectivity index (χ2n) is 5.48. The molecule has 2 unspecified atom stereocenters. The van der Waals surface area contributed by atoms with E-state index in [0.29, 0.717) is 50.0 Å². The molecular formula is C14H25NO3. The third-order valence-corrected chi connectivity index (χ3v) is 4.07. The van der Waals surface area contributed by atoms with Crippen molar-refractivity contribution in [2.45, 2.75) is 50.6 Å². The zero-order chi connectivity index (χ0) is 12.8. The van der Waals surface area contributed by atoms with Gasteiger partial charge in [0.15, 0.2) is 0 Å². The van der Waals surface area contributed by atoms with Gasteiger partial charge in [-0.15, -0.1) is 0 Å². The molecule has 0 aliphatic carbocycles. The third-order valence-electron chi connectivity index (χ3n) is 4.07. The minimum atomic E-state index is 0.308. The Balaban J connectivity index is 1.57. The van der Waals surface area contributed by atoms with Crippen LogP contribution in [0.25, 0.3) is 0 Å². The number of ether oxygens (including phenoxy) is 2. The van der Waals surface area contributed by atoms with Crippen molar-refractivity contribution in [1.82, 2.24) is 5.32 Å². The quantitative estimate of drug-likeness (QED) is 0.668. The summed E-state index contributed by atoms with van der Waals surface area (Å²) in [7, 11) is 1.66. The van der Waals surface area contributed by atoms with Crippen LogP contribution in [0.2, 0.25) is 0 Å². The molecule has 4 heteroatoms. The molecule has 18 heavy (non-hydrogen) atoms. The summed E-state index contributed by atoms with van der Waals surface area (Å²) in [6.45, 7) is 1.93. The van der Waals surface area contributed by atoms with Crippen molar-refractivity contribution in [3.05, 3.63) is 0 Å². The van der Waals surface area contributed by atoms with Crippen LogP contribution in [0.15, 0.2) is 0 Å². The van der Waals surface area contributed by atoms with Gasteiger partial charge in [0.2, 0.25) is 0 Å². The number of Topliss-reactive ketones (excluding diaryl/α,β-unsaturated/α-hetero) is 1. The van der Waals surface area contributed by atoms with Gasteiger partial charge in [-0.2, -0.15) is 0 Å². The first kappa shape index (κ1) is 14.0. The number of hydrogen-bond acceptors (Lipinski definition) is 4. The van der Waals surface area contributed by atoms with Gasteiger partial charge >= 0.3 is 0 Å². The van der Waals surface area contributed by atoms with Crippen molar-refractivity contribution >= 4 is 5.78 Å². The van der Waals surface area contributed by atoms with Gasteiger partial charge in [0.1, 0.15) is 5.78 Å². The molecule has 1 N–H and O–H groups in total. The van der Waals surface area contributed by atoms with Gasteiger partial charge in [-0.1, -0.05) is 0 Å². The second kappa shape index (κ2) is 7.22. The van der Waals surface area contributed by atoms with Crippen LogP contribution in [0.5, 0.6) is 0 Å². The Morgan fingerprint density at radius 2 is 1.89 bits per heavy atom. The molecule has 0 amide bonds. The summed E-state index contributed by atoms with van der Waals surface area (Å²) in [4.78, 5) is 12.1. The van der Waals surface area contributed by atoms with E-state index < -0.39 is 0 Å². The Hall–Kier alpha value is -0.450. The van der Waals surface area contributed by atoms with Crippen LogP contribution in [-0.2, 0) is 14.3 Å². The lowest BCUT2D eigenvalue weighted by atomic mass is 9.87. The summed E-state index contributed by atoms with van der Waals surface area (Å²) < 4.78 is 10.3. The van der Waals surface area contributed by atoms with E-state index in [4.69, 9.17) is 9.47 Å². The lowest BCUT2D eigenvalue weighted by Crippen LogP contribution is -2.40. The van der Waals surface area contributed by atoms with E-state index >= 15 is 0 Å². The van der Waals surface area contributed by atoms with Crippen molar-refractivity contribution in [2.24, 2.45) is 5.92 Å². The van der Waals surface area contributed by atoms with E-state index in [1.807, 2.05) is 0 Å². The number of nitrogens with one attached hydrogen (secondary N) is 1. The smallest absolute Gasteiger partial charge is 0.136 e. The summed E-state index contributed by atoms with van der Waals surface area (Å²) >= 11 is 0. The van der Waals surface area contributed by atoms with Crippen LogP contribution in [-0.4, -0.2) is 44.8 Å². The van der Waals surface area contributed by atoms with Gasteiger partial charge in [-0.25, -0.2) is 0 Å². The average molecular weight is 255 g/mol. The van der Waals surface area contributed by atoms with E-state index in [2.05, 4.69) is 5.32 Å². The molecule has 2 fully saturated rings. The number of rotatable bonds is 8. The monoisotopic (exact) mass is 255 g/mol. The Labute approximate surface area is 109 Å². The Bertz CT molecular complexity index is 258. The van der Waals surface area contributed by atoms with E-state index in [1.165, 1.54) is 12.8 Å². The fourth-order valence-electron chi connectivity index (χ4n) is 3.12. The third kappa shape index (κ3) is 4.04. The standard InChI is InChI=1S/C14H25NO3/c1-17-7-8-18-6-2-3-14(16)11-9-12-4-5-13(10-11)15-12/h11-13,15H,2-10H2,1H3. The van der Waals surface area contributed by atoms with Crippen LogP contribution in [0, 0.1) is 5.92 Å². The Morgan fingerprint density at radius 3 is 2.56 bits per heavy atom. The SMILES string of the molecule is COCCOCCCC(=O)C1CC2CCC(C1)N2. The van der Waals surface area contributed by atoms with Gasteiger partial charge in [-0.05, 0) is 32.1 Å². The number of hydrogen-bond donors (Lipinski definition) is 1. The van der Waals surface area contributed by atoms with E-state index in [-0.39, 0.29) is 0 Å². The number of fused-ring (bicyclic) bond motifs is 2. The summed E-state index contributed by atoms with van der Waals surface area (Å²) in [6, 6.07) is 1.21. The van der Waals surface area contributed by atoms with Crippen molar-refractivity contribution in [1.29, 1.82) is 0 Å². The fraction of sp³-hybridized carbons (Fsp3) is 0.929. The highest BCUT2D eigenvalue weighted by atomic mass is 16.5. The highest BCUT2D eigenvalue weighted by Crippen LogP contribution is 2.32. The number of ketones is 1. The first-order valence-corrected chi connectivity index (χ1v) is 7.15. The van der Waals surface area contributed by atoms with Gasteiger partial charge < -0.3 is 14.8 Å². The fourth-order valence-corrected chi connectivity index (χ4v) is 3.12. The van der Waals surface area contributed by atoms with Crippen molar-refractivity contribution < 1.29 is 14.3 Å². The maximum Gasteiger partial charge on any atom is 0.136 e. The molecule has 2 aliphatic heterocycles. The molecule has 0 spiro atoms. The zero-order valence-corrected chi connectivity index (χ0v) is 11.3. The molecule has 2 aliphatic rings. The van der Waals surface area contributed by atoms with Crippen LogP contribution in [0.4, 0.5) is 0 Å². The summed E-state index contributed by atoms with van der Waals surface area (Å²) in [5.41, 5.74) is 0. The van der Waals surface area contributed by atoms with Crippen LogP contribution in [0.3, 0.4) is 0 Å². The minimum absolute atomic E-state index is 0.308. The summed E-state index contributed by atoms with van der Waals surface area (Å²) in [5.74, 6) is 0.756. The normalized spacial score (nSPS) is 30.6. The second-order valence-corrected chi connectivity index (χ2v) is 5.48. The highest BCUT2D eigenvalue weighted by Gasteiger charge is 2.35. The minimum Gasteiger partial charge on any atom is -0.382 e. The lowest BCUT2D eigenvalue weighted by Gasteiger charge is -2.28. The predicted molar refractivity (Wildman–Crippen MR) is 69.6 cm³/mol. The number of carbonyl (C=O) groups excluding carboxylic acids is 1. The lowest BCUT2D eigenvalue weighted by molar-refractivity contribution is -0.124. The molecule has 2 heterocycles. The van der Waals surface area contributed by atoms with Crippen molar-refractivity contribution in [3.8, 4) is 0 Å². The zero-order valence-electron chi connectivity index (χ0n) is 11.3. The molecule has 104 valence electrons. The first-order chi connectivity index (χ1) is 8.79. The topological polar surface area (TPSA) is 47.6 Å². The van der Waals surface area contributed by atoms with Crippen LogP contribution >= 0.6 is 0 Å². The molecule has 2 bridgehead atoms. The van der Waals surface area contributed by atoms with Gasteiger partial charge in [-0.3, -0.25) is 4.79 Å². The molecule has 0 radical (unpaired) electrons.